The lowest BCUT2D eigenvalue weighted by atomic mass is 10.1. The lowest BCUT2D eigenvalue weighted by molar-refractivity contribution is -0.117. The largest absolute Gasteiger partial charge is 0.494 e. The van der Waals surface area contributed by atoms with Crippen LogP contribution >= 0.6 is 0 Å². The van der Waals surface area contributed by atoms with Crippen molar-refractivity contribution in [3.8, 4) is 17.1 Å². The minimum Gasteiger partial charge on any atom is -0.494 e. The molecule has 170 valence electrons. The lowest BCUT2D eigenvalue weighted by Crippen LogP contribution is -2.21. The number of ether oxygens (including phenoxy) is 1. The quantitative estimate of drug-likeness (QED) is 0.506. The van der Waals surface area contributed by atoms with E-state index in [1.165, 1.54) is 19.4 Å². The Labute approximate surface area is 195 Å². The molecule has 5 rings (SSSR count). The molecule has 3 N–H and O–H groups in total. The van der Waals surface area contributed by atoms with Crippen LogP contribution in [-0.2, 0) is 11.8 Å². The molecular weight excluding hydrogens is 422 g/mol. The van der Waals surface area contributed by atoms with Gasteiger partial charge in [-0.15, -0.1) is 0 Å². The normalized spacial score (nSPS) is 19.1. The highest BCUT2D eigenvalue weighted by molar-refractivity contribution is 6.02. The van der Waals surface area contributed by atoms with Gasteiger partial charge in [0, 0.05) is 36.3 Å². The van der Waals surface area contributed by atoms with Crippen molar-refractivity contribution in [1.82, 2.24) is 25.1 Å². The Bertz CT molecular complexity index is 1350. The molecule has 2 heterocycles. The summed E-state index contributed by atoms with van der Waals surface area (Å²) in [6.45, 7) is -2.69. The van der Waals surface area contributed by atoms with Crippen molar-refractivity contribution < 1.29 is 18.4 Å². The second-order valence-corrected chi connectivity index (χ2v) is 8.43. The number of benzene rings is 1. The number of anilines is 3. The van der Waals surface area contributed by atoms with Gasteiger partial charge in [0.1, 0.15) is 12.1 Å². The van der Waals surface area contributed by atoms with Gasteiger partial charge in [0.15, 0.2) is 11.6 Å². The van der Waals surface area contributed by atoms with Crippen molar-refractivity contribution in [2.75, 3.05) is 24.7 Å². The van der Waals surface area contributed by atoms with Crippen LogP contribution < -0.4 is 20.7 Å². The Morgan fingerprint density at radius 1 is 1.27 bits per heavy atom. The van der Waals surface area contributed by atoms with E-state index in [9.17, 15) is 9.59 Å². The van der Waals surface area contributed by atoms with Gasteiger partial charge in [-0.1, -0.05) is 6.07 Å². The zero-order valence-electron chi connectivity index (χ0n) is 21.2. The second kappa shape index (κ2) is 7.88. The molecule has 0 radical (unpaired) electrons. The highest BCUT2D eigenvalue weighted by atomic mass is 16.5. The minimum absolute atomic E-state index is 0.0161. The molecular formula is C23H25N7O3. The van der Waals surface area contributed by atoms with Crippen molar-refractivity contribution in [2.24, 2.45) is 18.4 Å². The molecule has 0 unspecified atom stereocenters. The zero-order chi connectivity index (χ0) is 25.7. The first-order valence-electron chi connectivity index (χ1n) is 12.0. The van der Waals surface area contributed by atoms with Crippen LogP contribution in [0, 0.1) is 11.3 Å². The third kappa shape index (κ3) is 3.88. The Morgan fingerprint density at radius 2 is 2.12 bits per heavy atom. The first-order chi connectivity index (χ1) is 17.1. The molecule has 1 spiro atoms. The Balaban J connectivity index is 1.48. The van der Waals surface area contributed by atoms with E-state index in [4.69, 9.17) is 8.85 Å². The average molecular weight is 451 g/mol. The van der Waals surface area contributed by atoms with Crippen molar-refractivity contribution in [3.63, 3.8) is 0 Å². The number of rotatable bonds is 7. The van der Waals surface area contributed by atoms with Crippen LogP contribution in [0.5, 0.6) is 5.75 Å². The average Bonchev–Trinajstić information content (AvgIpc) is 3.71. The fourth-order valence-electron chi connectivity index (χ4n) is 4.16. The molecule has 1 atom stereocenters. The van der Waals surface area contributed by atoms with E-state index in [1.807, 2.05) is 5.32 Å². The van der Waals surface area contributed by atoms with Crippen LogP contribution in [0.2, 0.25) is 0 Å². The molecule has 0 aliphatic heterocycles. The molecule has 2 aliphatic rings. The Hall–Kier alpha value is -3.95. The standard InChI is InChI=1S/C23H25N7O3/c1-24-21(31)14-11-25-18(28-22(32)15-10-23(15)7-8-23)9-17(14)27-16-6-4-5-13(19(16)33-3)20-26-12-30(2)29-20/h4-6,9,11-12,15H,7-8,10H2,1-3H3,(H,24,31)(H2,25,27,28,32)/t15-/m1/s1/i1D3. The number of aromatic nitrogens is 4. The van der Waals surface area contributed by atoms with E-state index in [-0.39, 0.29) is 34.3 Å². The predicted molar refractivity (Wildman–Crippen MR) is 122 cm³/mol. The van der Waals surface area contributed by atoms with Crippen LogP contribution in [0.15, 0.2) is 36.8 Å². The number of methoxy groups -OCH3 is 1. The van der Waals surface area contributed by atoms with E-state index in [0.29, 0.717) is 22.8 Å². The smallest absolute Gasteiger partial charge is 0.254 e. The van der Waals surface area contributed by atoms with Crippen LogP contribution in [0.3, 0.4) is 0 Å². The minimum atomic E-state index is -2.69. The topological polar surface area (TPSA) is 123 Å². The van der Waals surface area contributed by atoms with Gasteiger partial charge >= 0.3 is 0 Å². The van der Waals surface area contributed by atoms with E-state index >= 15 is 0 Å². The Morgan fingerprint density at radius 3 is 2.79 bits per heavy atom. The number of aryl methyl sites for hydroxylation is 1. The molecule has 0 bridgehead atoms. The summed E-state index contributed by atoms with van der Waals surface area (Å²) in [6, 6.07) is 6.80. The Kier molecular flexibility index (Phi) is 4.20. The second-order valence-electron chi connectivity index (χ2n) is 8.43. The maximum atomic E-state index is 12.8. The third-order valence-corrected chi connectivity index (χ3v) is 6.24. The summed E-state index contributed by atoms with van der Waals surface area (Å²) in [4.78, 5) is 33.9. The molecule has 10 nitrogen and oxygen atoms in total. The summed E-state index contributed by atoms with van der Waals surface area (Å²) in [5.74, 6) is 0.144. The van der Waals surface area contributed by atoms with Gasteiger partial charge in [-0.25, -0.2) is 9.97 Å². The molecule has 2 aliphatic carbocycles. The summed E-state index contributed by atoms with van der Waals surface area (Å²) in [6.07, 6.45) is 5.82. The van der Waals surface area contributed by atoms with E-state index in [0.717, 1.165) is 19.3 Å². The number of pyridine rings is 1. The molecule has 2 fully saturated rings. The van der Waals surface area contributed by atoms with E-state index < -0.39 is 12.9 Å². The summed E-state index contributed by atoms with van der Waals surface area (Å²) in [7, 11) is 3.25. The third-order valence-electron chi connectivity index (χ3n) is 6.24. The number of hydrogen-bond acceptors (Lipinski definition) is 7. The maximum absolute atomic E-state index is 12.8. The van der Waals surface area contributed by atoms with Gasteiger partial charge in [-0.3, -0.25) is 14.3 Å². The van der Waals surface area contributed by atoms with Gasteiger partial charge in [-0.2, -0.15) is 5.10 Å². The number of para-hydroxylation sites is 1. The molecule has 3 aromatic rings. The van der Waals surface area contributed by atoms with Crippen LogP contribution in [-0.4, -0.2) is 45.6 Å². The van der Waals surface area contributed by atoms with E-state index in [1.54, 1.807) is 36.3 Å². The van der Waals surface area contributed by atoms with Crippen molar-refractivity contribution in [3.05, 3.63) is 42.4 Å². The maximum Gasteiger partial charge on any atom is 0.254 e. The van der Waals surface area contributed by atoms with Crippen LogP contribution in [0.1, 0.15) is 33.7 Å². The number of nitrogens with one attached hydrogen (secondary N) is 3. The van der Waals surface area contributed by atoms with Gasteiger partial charge in [-0.05, 0) is 36.8 Å². The highest BCUT2D eigenvalue weighted by Crippen LogP contribution is 2.70. The number of carbonyl (C=O) groups is 2. The first-order valence-corrected chi connectivity index (χ1v) is 10.5. The summed E-state index contributed by atoms with van der Waals surface area (Å²) < 4.78 is 29.4. The zero-order valence-corrected chi connectivity index (χ0v) is 18.2. The molecule has 0 saturated heterocycles. The van der Waals surface area contributed by atoms with E-state index in [2.05, 4.69) is 25.7 Å². The highest BCUT2D eigenvalue weighted by Gasteiger charge is 2.65. The first kappa shape index (κ1) is 17.6. The van der Waals surface area contributed by atoms with Gasteiger partial charge in [0.2, 0.25) is 5.91 Å². The van der Waals surface area contributed by atoms with Gasteiger partial charge in [0.25, 0.3) is 5.91 Å². The predicted octanol–water partition coefficient (Wildman–Crippen LogP) is 2.73. The van der Waals surface area contributed by atoms with Crippen LogP contribution in [0.25, 0.3) is 11.4 Å². The van der Waals surface area contributed by atoms with Crippen molar-refractivity contribution in [2.45, 2.75) is 19.3 Å². The molecule has 33 heavy (non-hydrogen) atoms. The summed E-state index contributed by atoms with van der Waals surface area (Å²) in [5, 5.41) is 12.3. The monoisotopic (exact) mass is 450 g/mol. The molecule has 2 aromatic heterocycles. The number of amides is 2. The summed E-state index contributed by atoms with van der Waals surface area (Å²) in [5.41, 5.74) is 1.49. The number of nitrogens with zero attached hydrogens (tertiary/aromatic N) is 4. The SMILES string of the molecule is [2H]C([2H])([2H])NC(=O)c1cnc(NC(=O)[C@H]2CC23CC3)cc1Nc1cccc(-c2ncn(C)n2)c1OC. The van der Waals surface area contributed by atoms with Gasteiger partial charge in [0.05, 0.1) is 29.6 Å². The molecule has 2 amide bonds. The van der Waals surface area contributed by atoms with Crippen LogP contribution in [0.4, 0.5) is 17.2 Å². The molecule has 1 aromatic carbocycles. The number of hydrogen-bond donors (Lipinski definition) is 3. The fraction of sp³-hybridized carbons (Fsp3) is 0.348. The molecule has 10 heteroatoms. The fourth-order valence-corrected chi connectivity index (χ4v) is 4.16. The van der Waals surface area contributed by atoms with Gasteiger partial charge < -0.3 is 20.7 Å². The van der Waals surface area contributed by atoms with Crippen molar-refractivity contribution >= 4 is 29.0 Å². The molecule has 2 saturated carbocycles. The van der Waals surface area contributed by atoms with Crippen molar-refractivity contribution in [1.29, 1.82) is 0 Å². The summed E-state index contributed by atoms with van der Waals surface area (Å²) >= 11 is 0. The number of carbonyl (C=O) groups excluding carboxylic acids is 2. The lowest BCUT2D eigenvalue weighted by Gasteiger charge is -2.17.